The van der Waals surface area contributed by atoms with Gasteiger partial charge in [0.05, 0.1) is 18.2 Å². The van der Waals surface area contributed by atoms with Crippen LogP contribution < -0.4 is 10.6 Å². The van der Waals surface area contributed by atoms with E-state index in [-0.39, 0.29) is 23.8 Å². The highest BCUT2D eigenvalue weighted by molar-refractivity contribution is 5.83. The molecule has 92 valence electrons. The van der Waals surface area contributed by atoms with Gasteiger partial charge in [0.1, 0.15) is 0 Å². The molecule has 2 heterocycles. The van der Waals surface area contributed by atoms with Crippen LogP contribution in [0.15, 0.2) is 12.4 Å². The van der Waals surface area contributed by atoms with Crippen LogP contribution >= 0.6 is 0 Å². The largest absolute Gasteiger partial charge is 0.355 e. The van der Waals surface area contributed by atoms with Gasteiger partial charge in [0.2, 0.25) is 11.8 Å². The Kier molecular flexibility index (Phi) is 3.41. The van der Waals surface area contributed by atoms with Crippen LogP contribution in [0.5, 0.6) is 0 Å². The molecule has 1 saturated heterocycles. The van der Waals surface area contributed by atoms with Gasteiger partial charge < -0.3 is 10.6 Å². The number of aromatic amines is 1. The Morgan fingerprint density at radius 1 is 1.65 bits per heavy atom. The van der Waals surface area contributed by atoms with Gasteiger partial charge >= 0.3 is 0 Å². The molecule has 3 N–H and O–H groups in total. The maximum Gasteiger partial charge on any atom is 0.225 e. The van der Waals surface area contributed by atoms with Crippen molar-refractivity contribution in [3.63, 3.8) is 0 Å². The Balaban J connectivity index is 1.86. The molecule has 6 nitrogen and oxygen atoms in total. The molecule has 1 aromatic rings. The predicted molar refractivity (Wildman–Crippen MR) is 60.9 cm³/mol. The Morgan fingerprint density at radius 3 is 3.06 bits per heavy atom. The number of rotatable bonds is 3. The van der Waals surface area contributed by atoms with Gasteiger partial charge in [-0.1, -0.05) is 0 Å². The van der Waals surface area contributed by atoms with Crippen LogP contribution in [0.2, 0.25) is 0 Å². The lowest BCUT2D eigenvalue weighted by molar-refractivity contribution is -0.129. The van der Waals surface area contributed by atoms with Gasteiger partial charge in [0.15, 0.2) is 0 Å². The standard InChI is InChI=1S/C11H16N4O2/c1-7(9-5-13-14-6-9)15-11(17)8-2-3-10(16)12-4-8/h5-8H,2-4H2,1H3,(H,12,16)(H,13,14)(H,15,17). The highest BCUT2D eigenvalue weighted by Gasteiger charge is 2.25. The number of nitrogens with one attached hydrogen (secondary N) is 3. The molecule has 2 rings (SSSR count). The lowest BCUT2D eigenvalue weighted by atomic mass is 9.98. The van der Waals surface area contributed by atoms with E-state index in [1.807, 2.05) is 6.92 Å². The average molecular weight is 236 g/mol. The summed E-state index contributed by atoms with van der Waals surface area (Å²) in [5.74, 6) is -0.113. The average Bonchev–Trinajstić information content (AvgIpc) is 2.83. The van der Waals surface area contributed by atoms with Crippen LogP contribution in [-0.2, 0) is 9.59 Å². The second kappa shape index (κ2) is 4.99. The third kappa shape index (κ3) is 2.83. The van der Waals surface area contributed by atoms with Crippen molar-refractivity contribution in [1.82, 2.24) is 20.8 Å². The Bertz CT molecular complexity index is 392. The van der Waals surface area contributed by atoms with Gasteiger partial charge in [0, 0.05) is 24.7 Å². The first kappa shape index (κ1) is 11.6. The summed E-state index contributed by atoms with van der Waals surface area (Å²) in [4.78, 5) is 22.9. The monoisotopic (exact) mass is 236 g/mol. The third-order valence-electron chi connectivity index (χ3n) is 3.01. The molecular weight excluding hydrogens is 220 g/mol. The Morgan fingerprint density at radius 2 is 2.47 bits per heavy atom. The maximum atomic E-state index is 11.9. The summed E-state index contributed by atoms with van der Waals surface area (Å²) in [6.45, 7) is 2.34. The molecule has 0 aliphatic carbocycles. The first-order valence-corrected chi connectivity index (χ1v) is 5.72. The number of piperidine rings is 1. The minimum Gasteiger partial charge on any atom is -0.355 e. The van der Waals surface area contributed by atoms with Gasteiger partial charge in [0.25, 0.3) is 0 Å². The van der Waals surface area contributed by atoms with Crippen molar-refractivity contribution in [2.45, 2.75) is 25.8 Å². The fourth-order valence-corrected chi connectivity index (χ4v) is 1.87. The van der Waals surface area contributed by atoms with Crippen molar-refractivity contribution < 1.29 is 9.59 Å². The SMILES string of the molecule is CC(NC(=O)C1CCC(=O)NC1)c1cn[nH]c1. The van der Waals surface area contributed by atoms with Crippen molar-refractivity contribution in [3.8, 4) is 0 Å². The number of carbonyl (C=O) groups is 2. The summed E-state index contributed by atoms with van der Waals surface area (Å²) in [7, 11) is 0. The molecule has 2 amide bonds. The minimum absolute atomic E-state index is 0.0151. The van der Waals surface area contributed by atoms with E-state index in [2.05, 4.69) is 20.8 Å². The van der Waals surface area contributed by atoms with Gasteiger partial charge in [-0.2, -0.15) is 5.10 Å². The van der Waals surface area contributed by atoms with Crippen molar-refractivity contribution in [3.05, 3.63) is 18.0 Å². The van der Waals surface area contributed by atoms with E-state index in [0.29, 0.717) is 19.4 Å². The molecule has 0 bridgehead atoms. The van der Waals surface area contributed by atoms with Gasteiger partial charge in [-0.15, -0.1) is 0 Å². The van der Waals surface area contributed by atoms with Crippen LogP contribution in [0, 0.1) is 5.92 Å². The lowest BCUT2D eigenvalue weighted by Crippen LogP contribution is -2.43. The van der Waals surface area contributed by atoms with Crippen LogP contribution in [0.4, 0.5) is 0 Å². The van der Waals surface area contributed by atoms with Crippen molar-refractivity contribution >= 4 is 11.8 Å². The van der Waals surface area contributed by atoms with E-state index in [1.165, 1.54) is 0 Å². The smallest absolute Gasteiger partial charge is 0.225 e. The molecule has 17 heavy (non-hydrogen) atoms. The van der Waals surface area contributed by atoms with Crippen LogP contribution in [0.1, 0.15) is 31.4 Å². The summed E-state index contributed by atoms with van der Waals surface area (Å²) < 4.78 is 0. The zero-order valence-corrected chi connectivity index (χ0v) is 9.69. The second-order valence-electron chi connectivity index (χ2n) is 4.30. The normalized spacial score (nSPS) is 21.7. The number of nitrogens with zero attached hydrogens (tertiary/aromatic N) is 1. The molecule has 0 aromatic carbocycles. The second-order valence-corrected chi connectivity index (χ2v) is 4.30. The summed E-state index contributed by atoms with van der Waals surface area (Å²) in [5, 5.41) is 12.2. The van der Waals surface area contributed by atoms with E-state index < -0.39 is 0 Å². The number of hydrogen-bond acceptors (Lipinski definition) is 3. The number of aromatic nitrogens is 2. The number of carbonyl (C=O) groups excluding carboxylic acids is 2. The minimum atomic E-state index is -0.123. The zero-order chi connectivity index (χ0) is 12.3. The highest BCUT2D eigenvalue weighted by Crippen LogP contribution is 2.14. The lowest BCUT2D eigenvalue weighted by Gasteiger charge is -2.23. The fraction of sp³-hybridized carbons (Fsp3) is 0.545. The van der Waals surface area contributed by atoms with E-state index >= 15 is 0 Å². The van der Waals surface area contributed by atoms with Gasteiger partial charge in [-0.25, -0.2) is 0 Å². The van der Waals surface area contributed by atoms with Crippen LogP contribution in [-0.4, -0.2) is 28.6 Å². The molecule has 0 spiro atoms. The van der Waals surface area contributed by atoms with E-state index in [1.54, 1.807) is 12.4 Å². The summed E-state index contributed by atoms with van der Waals surface area (Å²) in [6.07, 6.45) is 4.50. The quantitative estimate of drug-likeness (QED) is 0.696. The van der Waals surface area contributed by atoms with Gasteiger partial charge in [-0.3, -0.25) is 14.7 Å². The van der Waals surface area contributed by atoms with Crippen LogP contribution in [0.3, 0.4) is 0 Å². The third-order valence-corrected chi connectivity index (χ3v) is 3.01. The molecule has 2 unspecified atom stereocenters. The molecule has 1 fully saturated rings. The Labute approximate surface area is 99.2 Å². The highest BCUT2D eigenvalue weighted by atomic mass is 16.2. The van der Waals surface area contributed by atoms with E-state index in [4.69, 9.17) is 0 Å². The van der Waals surface area contributed by atoms with Crippen molar-refractivity contribution in [2.24, 2.45) is 5.92 Å². The summed E-state index contributed by atoms with van der Waals surface area (Å²) in [6, 6.07) is -0.0705. The molecule has 2 atom stereocenters. The summed E-state index contributed by atoms with van der Waals surface area (Å²) >= 11 is 0. The summed E-state index contributed by atoms with van der Waals surface area (Å²) in [5.41, 5.74) is 0.943. The van der Waals surface area contributed by atoms with Crippen molar-refractivity contribution in [2.75, 3.05) is 6.54 Å². The molecular formula is C11H16N4O2. The van der Waals surface area contributed by atoms with Gasteiger partial charge in [-0.05, 0) is 13.3 Å². The Hall–Kier alpha value is -1.85. The first-order valence-electron chi connectivity index (χ1n) is 5.72. The molecule has 1 aromatic heterocycles. The molecule has 0 saturated carbocycles. The van der Waals surface area contributed by atoms with Crippen molar-refractivity contribution in [1.29, 1.82) is 0 Å². The maximum absolute atomic E-state index is 11.9. The fourth-order valence-electron chi connectivity index (χ4n) is 1.87. The number of amides is 2. The predicted octanol–water partition coefficient (Wildman–Crippen LogP) is 0.113. The molecule has 1 aliphatic heterocycles. The number of H-pyrrole nitrogens is 1. The topological polar surface area (TPSA) is 86.9 Å². The molecule has 0 radical (unpaired) electrons. The van der Waals surface area contributed by atoms with Crippen LogP contribution in [0.25, 0.3) is 0 Å². The van der Waals surface area contributed by atoms with E-state index in [9.17, 15) is 9.59 Å². The van der Waals surface area contributed by atoms with E-state index in [0.717, 1.165) is 5.56 Å². The molecule has 6 heteroatoms. The first-order chi connectivity index (χ1) is 8.16. The zero-order valence-electron chi connectivity index (χ0n) is 9.69. The molecule has 1 aliphatic rings. The number of hydrogen-bond donors (Lipinski definition) is 3.